The number of hydrogen-bond donors (Lipinski definition) is 2. The minimum atomic E-state index is -0.0740. The van der Waals surface area contributed by atoms with E-state index in [1.807, 2.05) is 42.6 Å². The Bertz CT molecular complexity index is 1300. The van der Waals surface area contributed by atoms with Crippen molar-refractivity contribution in [1.82, 2.24) is 14.9 Å². The van der Waals surface area contributed by atoms with E-state index in [1.54, 1.807) is 12.1 Å². The molecule has 0 aliphatic carbocycles. The summed E-state index contributed by atoms with van der Waals surface area (Å²) in [6, 6.07) is 14.7. The molecule has 0 saturated carbocycles. The number of anilines is 2. The highest BCUT2D eigenvalue weighted by Crippen LogP contribution is 2.24. The van der Waals surface area contributed by atoms with Gasteiger partial charge in [0.15, 0.2) is 17.1 Å². The van der Waals surface area contributed by atoms with Crippen LogP contribution in [0.1, 0.15) is 16.8 Å². The molecule has 4 N–H and O–H groups in total. The number of nitrogen functional groups attached to an aromatic ring is 2. The van der Waals surface area contributed by atoms with E-state index in [1.165, 1.54) is 0 Å². The van der Waals surface area contributed by atoms with Crippen LogP contribution in [0.25, 0.3) is 22.4 Å². The zero-order valence-electron chi connectivity index (χ0n) is 16.3. The first kappa shape index (κ1) is 18.3. The maximum absolute atomic E-state index is 12.9. The van der Waals surface area contributed by atoms with Crippen molar-refractivity contribution in [3.63, 3.8) is 0 Å². The predicted octanol–water partition coefficient (Wildman–Crippen LogP) is 2.97. The minimum absolute atomic E-state index is 0.0740. The van der Waals surface area contributed by atoms with Gasteiger partial charge in [-0.25, -0.2) is 9.97 Å². The van der Waals surface area contributed by atoms with E-state index >= 15 is 0 Å². The van der Waals surface area contributed by atoms with Gasteiger partial charge < -0.3 is 15.9 Å². The summed E-state index contributed by atoms with van der Waals surface area (Å²) in [5, 5.41) is 0.551. The van der Waals surface area contributed by atoms with Crippen LogP contribution < -0.4 is 16.9 Å². The number of rotatable bonds is 3. The topological polar surface area (TPSA) is 111 Å². The van der Waals surface area contributed by atoms with Crippen LogP contribution in [0, 0.1) is 0 Å². The summed E-state index contributed by atoms with van der Waals surface area (Å²) in [5.74, 6) is 0.876. The molecule has 1 aliphatic rings. The molecule has 0 spiro atoms. The highest BCUT2D eigenvalue weighted by atomic mass is 16.3. The van der Waals surface area contributed by atoms with Gasteiger partial charge in [-0.05, 0) is 36.4 Å². The van der Waals surface area contributed by atoms with Gasteiger partial charge in [0.05, 0.1) is 16.6 Å². The molecule has 0 saturated heterocycles. The van der Waals surface area contributed by atoms with Crippen LogP contribution in [0.5, 0.6) is 0 Å². The number of hydrogen-bond acceptors (Lipinski definition) is 7. The summed E-state index contributed by atoms with van der Waals surface area (Å²) in [7, 11) is 0. The second kappa shape index (κ2) is 7.27. The molecule has 0 radical (unpaired) electrons. The third kappa shape index (κ3) is 3.29. The molecule has 3 heterocycles. The van der Waals surface area contributed by atoms with Crippen molar-refractivity contribution in [2.75, 3.05) is 18.0 Å². The summed E-state index contributed by atoms with van der Waals surface area (Å²) in [6.45, 7) is 1.86. The van der Waals surface area contributed by atoms with Gasteiger partial charge >= 0.3 is 0 Å². The molecule has 150 valence electrons. The fourth-order valence-corrected chi connectivity index (χ4v) is 3.85. The number of fused-ring (bicyclic) bond motifs is 2. The van der Waals surface area contributed by atoms with Crippen molar-refractivity contribution in [1.29, 1.82) is 0 Å². The highest BCUT2D eigenvalue weighted by Gasteiger charge is 2.22. The van der Waals surface area contributed by atoms with Gasteiger partial charge in [-0.15, -0.1) is 0 Å². The van der Waals surface area contributed by atoms with Crippen LogP contribution in [0.4, 0.5) is 11.6 Å². The summed E-state index contributed by atoms with van der Waals surface area (Å²) >= 11 is 0. The number of aromatic nitrogens is 2. The van der Waals surface area contributed by atoms with E-state index in [4.69, 9.17) is 20.9 Å². The fourth-order valence-electron chi connectivity index (χ4n) is 3.85. The fraction of sp³-hybridized carbons (Fsp3) is 0.174. The first-order valence-electron chi connectivity index (χ1n) is 9.82. The number of nitrogens with two attached hydrogens (primary N) is 2. The molecular formula is C23H21N5O2. The van der Waals surface area contributed by atoms with Crippen molar-refractivity contribution >= 4 is 22.5 Å². The normalized spacial score (nSPS) is 14.0. The maximum Gasteiger partial charge on any atom is 0.199 e. The smallest absolute Gasteiger partial charge is 0.199 e. The lowest BCUT2D eigenvalue weighted by molar-refractivity contribution is 0.241. The molecule has 7 heteroatoms. The van der Waals surface area contributed by atoms with Crippen LogP contribution in [0.2, 0.25) is 0 Å². The standard InChI is InChI=1S/C23H21N5O2/c24-16-7-5-14(6-8-16)23-26-11-15-12-28(10-9-19(15)27-23)13-18-21(29)17-3-1-2-4-20(17)30-22(18)25/h1-8,11H,9-10,12-13,24-25H2. The van der Waals surface area contributed by atoms with Gasteiger partial charge in [-0.3, -0.25) is 9.69 Å². The van der Waals surface area contributed by atoms with Gasteiger partial charge in [0.1, 0.15) is 5.58 Å². The second-order valence-corrected chi connectivity index (χ2v) is 7.52. The lowest BCUT2D eigenvalue weighted by atomic mass is 10.1. The zero-order chi connectivity index (χ0) is 20.7. The SMILES string of the molecule is Nc1ccc(-c2ncc3c(n2)CCN(Cc2c(N)oc4ccccc4c2=O)C3)cc1. The molecule has 1 aliphatic heterocycles. The Kier molecular flexibility index (Phi) is 4.44. The van der Waals surface area contributed by atoms with Crippen molar-refractivity contribution < 1.29 is 4.42 Å². The molecule has 7 nitrogen and oxygen atoms in total. The maximum atomic E-state index is 12.9. The Morgan fingerprint density at radius 3 is 2.70 bits per heavy atom. The molecule has 2 aromatic heterocycles. The Balaban J connectivity index is 1.40. The first-order chi connectivity index (χ1) is 14.6. The number of para-hydroxylation sites is 1. The summed E-state index contributed by atoms with van der Waals surface area (Å²) in [4.78, 5) is 24.3. The Morgan fingerprint density at radius 2 is 1.87 bits per heavy atom. The van der Waals surface area contributed by atoms with Crippen molar-refractivity contribution in [3.05, 3.63) is 81.8 Å². The summed E-state index contributed by atoms with van der Waals surface area (Å²) < 4.78 is 5.68. The zero-order valence-corrected chi connectivity index (χ0v) is 16.3. The Hall–Kier alpha value is -3.71. The largest absolute Gasteiger partial charge is 0.440 e. The molecule has 5 rings (SSSR count). The van der Waals surface area contributed by atoms with E-state index in [9.17, 15) is 4.79 Å². The molecule has 2 aromatic carbocycles. The summed E-state index contributed by atoms with van der Waals surface area (Å²) in [6.07, 6.45) is 2.64. The number of benzene rings is 2. The van der Waals surface area contributed by atoms with Gasteiger partial charge in [0, 0.05) is 49.1 Å². The van der Waals surface area contributed by atoms with Crippen LogP contribution in [-0.4, -0.2) is 21.4 Å². The monoisotopic (exact) mass is 399 g/mol. The van der Waals surface area contributed by atoms with Gasteiger partial charge in [-0.1, -0.05) is 12.1 Å². The predicted molar refractivity (Wildman–Crippen MR) is 117 cm³/mol. The second-order valence-electron chi connectivity index (χ2n) is 7.52. The Morgan fingerprint density at radius 1 is 1.07 bits per heavy atom. The molecular weight excluding hydrogens is 378 g/mol. The van der Waals surface area contributed by atoms with E-state index in [2.05, 4.69) is 9.88 Å². The molecule has 4 aromatic rings. The van der Waals surface area contributed by atoms with Crippen molar-refractivity contribution in [3.8, 4) is 11.4 Å². The quantitative estimate of drug-likeness (QED) is 0.509. The molecule has 0 atom stereocenters. The molecule has 0 amide bonds. The van der Waals surface area contributed by atoms with E-state index in [-0.39, 0.29) is 11.3 Å². The highest BCUT2D eigenvalue weighted by molar-refractivity contribution is 5.78. The lowest BCUT2D eigenvalue weighted by Crippen LogP contribution is -2.33. The first-order valence-corrected chi connectivity index (χ1v) is 9.82. The molecule has 0 bridgehead atoms. The summed E-state index contributed by atoms with van der Waals surface area (Å²) in [5.41, 5.74) is 16.5. The van der Waals surface area contributed by atoms with Crippen molar-refractivity contribution in [2.24, 2.45) is 0 Å². The minimum Gasteiger partial charge on any atom is -0.440 e. The van der Waals surface area contributed by atoms with Crippen LogP contribution in [0.3, 0.4) is 0 Å². The van der Waals surface area contributed by atoms with E-state index in [0.29, 0.717) is 41.1 Å². The van der Waals surface area contributed by atoms with Gasteiger partial charge in [0.25, 0.3) is 0 Å². The van der Waals surface area contributed by atoms with E-state index < -0.39 is 0 Å². The van der Waals surface area contributed by atoms with Crippen LogP contribution in [0.15, 0.2) is 63.9 Å². The van der Waals surface area contributed by atoms with Crippen LogP contribution >= 0.6 is 0 Å². The van der Waals surface area contributed by atoms with Gasteiger partial charge in [-0.2, -0.15) is 0 Å². The third-order valence-electron chi connectivity index (χ3n) is 5.49. The lowest BCUT2D eigenvalue weighted by Gasteiger charge is -2.28. The molecule has 30 heavy (non-hydrogen) atoms. The third-order valence-corrected chi connectivity index (χ3v) is 5.49. The molecule has 0 fully saturated rings. The van der Waals surface area contributed by atoms with Gasteiger partial charge in [0.2, 0.25) is 0 Å². The van der Waals surface area contributed by atoms with Crippen LogP contribution in [-0.2, 0) is 19.5 Å². The van der Waals surface area contributed by atoms with E-state index in [0.717, 1.165) is 29.8 Å². The Labute approximate surface area is 173 Å². The number of nitrogens with zero attached hydrogens (tertiary/aromatic N) is 3. The van der Waals surface area contributed by atoms with Crippen molar-refractivity contribution in [2.45, 2.75) is 19.5 Å². The average Bonchev–Trinajstić information content (AvgIpc) is 2.77. The molecule has 0 unspecified atom stereocenters. The average molecular weight is 399 g/mol.